The normalized spacial score (nSPS) is 18.7. The molecular weight excluding hydrogens is 276 g/mol. The lowest BCUT2D eigenvalue weighted by Gasteiger charge is -2.35. The molecule has 0 radical (unpaired) electrons. The van der Waals surface area contributed by atoms with Gasteiger partial charge in [0.1, 0.15) is 12.1 Å². The van der Waals surface area contributed by atoms with Crippen molar-refractivity contribution < 1.29 is 8.78 Å². The Hall–Kier alpha value is -1.79. The number of fused-ring (bicyclic) bond motifs is 1. The number of anilines is 1. The van der Waals surface area contributed by atoms with Crippen molar-refractivity contribution in [1.29, 1.82) is 0 Å². The summed E-state index contributed by atoms with van der Waals surface area (Å²) in [5.41, 5.74) is 1.94. The highest BCUT2D eigenvalue weighted by molar-refractivity contribution is 5.56. The molecule has 1 saturated heterocycles. The highest BCUT2D eigenvalue weighted by Crippen LogP contribution is 2.35. The summed E-state index contributed by atoms with van der Waals surface area (Å²) >= 11 is 0. The van der Waals surface area contributed by atoms with Gasteiger partial charge in [0.15, 0.2) is 0 Å². The van der Waals surface area contributed by atoms with Crippen molar-refractivity contribution in [1.82, 2.24) is 19.6 Å². The highest BCUT2D eigenvalue weighted by atomic mass is 19.3. The summed E-state index contributed by atoms with van der Waals surface area (Å²) in [5, 5.41) is 4.23. The lowest BCUT2D eigenvalue weighted by Crippen LogP contribution is -2.41. The van der Waals surface area contributed by atoms with Crippen molar-refractivity contribution >= 4 is 11.6 Å². The Morgan fingerprint density at radius 1 is 1.24 bits per heavy atom. The molecule has 0 aliphatic carbocycles. The predicted molar refractivity (Wildman–Crippen MR) is 76.0 cm³/mol. The van der Waals surface area contributed by atoms with E-state index in [1.54, 1.807) is 4.52 Å². The van der Waals surface area contributed by atoms with Gasteiger partial charge in [-0.25, -0.2) is 13.8 Å². The summed E-state index contributed by atoms with van der Waals surface area (Å²) in [4.78, 5) is 10.6. The molecular formula is C14H19F2N5. The van der Waals surface area contributed by atoms with Crippen LogP contribution >= 0.6 is 0 Å². The van der Waals surface area contributed by atoms with E-state index in [0.717, 1.165) is 17.1 Å². The molecule has 1 aliphatic heterocycles. The number of hydrogen-bond donors (Lipinski definition) is 0. The highest BCUT2D eigenvalue weighted by Gasteiger charge is 2.36. The quantitative estimate of drug-likeness (QED) is 0.854. The van der Waals surface area contributed by atoms with E-state index >= 15 is 0 Å². The molecule has 0 unspecified atom stereocenters. The Morgan fingerprint density at radius 3 is 2.52 bits per heavy atom. The first-order valence-electron chi connectivity index (χ1n) is 7.22. The molecule has 1 aliphatic rings. The van der Waals surface area contributed by atoms with Gasteiger partial charge >= 0.3 is 0 Å². The van der Waals surface area contributed by atoms with Crippen molar-refractivity contribution in [3.8, 4) is 0 Å². The summed E-state index contributed by atoms with van der Waals surface area (Å²) in [6.07, 6.45) is 1.21. The number of aromatic nitrogens is 4. The molecule has 3 rings (SSSR count). The molecule has 114 valence electrons. The van der Waals surface area contributed by atoms with E-state index in [1.807, 2.05) is 11.8 Å². The second kappa shape index (κ2) is 4.89. The Bertz CT molecular complexity index is 655. The third-order valence-electron chi connectivity index (χ3n) is 4.00. The molecule has 0 N–H and O–H groups in total. The van der Waals surface area contributed by atoms with Gasteiger partial charge in [-0.3, -0.25) is 0 Å². The third kappa shape index (κ3) is 2.45. The van der Waals surface area contributed by atoms with Crippen LogP contribution in [0.2, 0.25) is 0 Å². The summed E-state index contributed by atoms with van der Waals surface area (Å²) < 4.78 is 28.5. The van der Waals surface area contributed by atoms with Crippen LogP contribution in [0, 0.1) is 6.92 Å². The molecule has 2 aromatic heterocycles. The molecule has 5 nitrogen and oxygen atoms in total. The van der Waals surface area contributed by atoms with E-state index < -0.39 is 5.92 Å². The zero-order valence-electron chi connectivity index (χ0n) is 12.5. The second-order valence-corrected chi connectivity index (χ2v) is 5.90. The topological polar surface area (TPSA) is 46.3 Å². The van der Waals surface area contributed by atoms with Gasteiger partial charge in [0.2, 0.25) is 0 Å². The van der Waals surface area contributed by atoms with Gasteiger partial charge in [0.05, 0.1) is 0 Å². The molecule has 2 aromatic rings. The summed E-state index contributed by atoms with van der Waals surface area (Å²) in [7, 11) is 0. The van der Waals surface area contributed by atoms with Crippen molar-refractivity contribution in [2.75, 3.05) is 18.0 Å². The molecule has 0 saturated carbocycles. The minimum absolute atomic E-state index is 0.123. The van der Waals surface area contributed by atoms with Crippen LogP contribution in [-0.4, -0.2) is 38.6 Å². The predicted octanol–water partition coefficient (Wildman–Crippen LogP) is 2.79. The number of aryl methyl sites for hydroxylation is 1. The smallest absolute Gasteiger partial charge is 0.254 e. The monoisotopic (exact) mass is 295 g/mol. The molecule has 7 heteroatoms. The van der Waals surface area contributed by atoms with Crippen LogP contribution in [0.25, 0.3) is 5.78 Å². The van der Waals surface area contributed by atoms with E-state index in [1.165, 1.54) is 6.33 Å². The largest absolute Gasteiger partial charge is 0.356 e. The van der Waals surface area contributed by atoms with E-state index in [4.69, 9.17) is 0 Å². The Balaban J connectivity index is 2.11. The van der Waals surface area contributed by atoms with Crippen molar-refractivity contribution in [3.63, 3.8) is 0 Å². The summed E-state index contributed by atoms with van der Waals surface area (Å²) in [6.45, 7) is 6.74. The van der Waals surface area contributed by atoms with E-state index in [9.17, 15) is 8.78 Å². The fourth-order valence-corrected chi connectivity index (χ4v) is 2.97. The van der Waals surface area contributed by atoms with Crippen LogP contribution < -0.4 is 4.90 Å². The van der Waals surface area contributed by atoms with Crippen LogP contribution in [0.5, 0.6) is 0 Å². The Labute approximate surface area is 122 Å². The average molecular weight is 295 g/mol. The van der Waals surface area contributed by atoms with Crippen LogP contribution in [0.15, 0.2) is 6.33 Å². The molecule has 3 heterocycles. The second-order valence-electron chi connectivity index (χ2n) is 5.90. The molecule has 0 amide bonds. The number of hydrogen-bond acceptors (Lipinski definition) is 4. The number of rotatable bonds is 2. The number of halogens is 2. The Morgan fingerprint density at radius 2 is 1.90 bits per heavy atom. The molecule has 0 spiro atoms. The third-order valence-corrected chi connectivity index (χ3v) is 4.00. The van der Waals surface area contributed by atoms with Crippen LogP contribution in [0.3, 0.4) is 0 Å². The van der Waals surface area contributed by atoms with Gasteiger partial charge in [-0.2, -0.15) is 14.6 Å². The van der Waals surface area contributed by atoms with E-state index in [-0.39, 0.29) is 18.8 Å². The van der Waals surface area contributed by atoms with Crippen molar-refractivity contribution in [2.45, 2.75) is 45.5 Å². The maximum atomic E-state index is 13.4. The number of piperidine rings is 1. The fourth-order valence-electron chi connectivity index (χ4n) is 2.97. The zero-order chi connectivity index (χ0) is 15.2. The maximum absolute atomic E-state index is 13.4. The van der Waals surface area contributed by atoms with Crippen molar-refractivity contribution in [3.05, 3.63) is 17.6 Å². The lowest BCUT2D eigenvalue weighted by atomic mass is 10.00. The van der Waals surface area contributed by atoms with Gasteiger partial charge in [-0.1, -0.05) is 13.8 Å². The van der Waals surface area contributed by atoms with Gasteiger partial charge in [-0.05, 0) is 12.8 Å². The maximum Gasteiger partial charge on any atom is 0.254 e. The SMILES string of the molecule is Cc1nc2ncnn2c(N2CCC(F)(F)CC2)c1C(C)C. The molecule has 0 bridgehead atoms. The van der Waals surface area contributed by atoms with Crippen LogP contribution in [0.4, 0.5) is 14.6 Å². The van der Waals surface area contributed by atoms with E-state index in [0.29, 0.717) is 18.9 Å². The first-order chi connectivity index (χ1) is 9.89. The fraction of sp³-hybridized carbons (Fsp3) is 0.643. The summed E-state index contributed by atoms with van der Waals surface area (Å²) in [6, 6.07) is 0. The number of alkyl halides is 2. The molecule has 1 fully saturated rings. The van der Waals surface area contributed by atoms with Gasteiger partial charge in [0.25, 0.3) is 11.7 Å². The molecule has 0 aromatic carbocycles. The lowest BCUT2D eigenvalue weighted by molar-refractivity contribution is -0.0222. The first-order valence-corrected chi connectivity index (χ1v) is 7.22. The average Bonchev–Trinajstić information content (AvgIpc) is 2.84. The van der Waals surface area contributed by atoms with Gasteiger partial charge in [-0.15, -0.1) is 0 Å². The van der Waals surface area contributed by atoms with Crippen LogP contribution in [0.1, 0.15) is 43.9 Å². The molecule has 0 atom stereocenters. The zero-order valence-corrected chi connectivity index (χ0v) is 12.5. The minimum atomic E-state index is -2.56. The first kappa shape index (κ1) is 14.2. The molecule has 21 heavy (non-hydrogen) atoms. The summed E-state index contributed by atoms with van der Waals surface area (Å²) in [5.74, 6) is -0.939. The van der Waals surface area contributed by atoms with E-state index in [2.05, 4.69) is 28.9 Å². The van der Waals surface area contributed by atoms with Gasteiger partial charge in [0, 0.05) is 37.2 Å². The standard InChI is InChI=1S/C14H19F2N5/c1-9(2)11-10(3)19-13-17-8-18-21(13)12(11)20-6-4-14(15,16)5-7-20/h8-9H,4-7H2,1-3H3. The minimum Gasteiger partial charge on any atom is -0.356 e. The van der Waals surface area contributed by atoms with Crippen LogP contribution in [-0.2, 0) is 0 Å². The number of nitrogens with zero attached hydrogens (tertiary/aromatic N) is 5. The van der Waals surface area contributed by atoms with Gasteiger partial charge < -0.3 is 4.90 Å². The Kier molecular flexibility index (Phi) is 3.30. The van der Waals surface area contributed by atoms with Crippen molar-refractivity contribution in [2.24, 2.45) is 0 Å².